The maximum atomic E-state index is 12.8. The third-order valence-corrected chi connectivity index (χ3v) is 5.51. The second-order valence-electron chi connectivity index (χ2n) is 6.20. The molecular formula is C18H15F3N2OS. The van der Waals surface area contributed by atoms with Crippen molar-refractivity contribution in [2.24, 2.45) is 5.92 Å². The first-order valence-corrected chi connectivity index (χ1v) is 8.64. The van der Waals surface area contributed by atoms with Crippen molar-refractivity contribution in [2.45, 2.75) is 32.4 Å². The molecule has 1 amide bonds. The molecule has 1 unspecified atom stereocenters. The van der Waals surface area contributed by atoms with Gasteiger partial charge in [0.05, 0.1) is 11.1 Å². The van der Waals surface area contributed by atoms with Gasteiger partial charge >= 0.3 is 6.18 Å². The number of halogens is 3. The van der Waals surface area contributed by atoms with Crippen molar-refractivity contribution in [3.8, 4) is 6.07 Å². The zero-order valence-corrected chi connectivity index (χ0v) is 14.2. The normalized spacial score (nSPS) is 16.8. The third-order valence-electron chi connectivity index (χ3n) is 4.30. The molecule has 25 heavy (non-hydrogen) atoms. The molecule has 7 heteroatoms. The van der Waals surface area contributed by atoms with E-state index >= 15 is 0 Å². The van der Waals surface area contributed by atoms with Crippen LogP contribution in [0.25, 0.3) is 0 Å². The van der Waals surface area contributed by atoms with Crippen LogP contribution in [0.15, 0.2) is 24.3 Å². The monoisotopic (exact) mass is 364 g/mol. The number of thiophene rings is 1. The van der Waals surface area contributed by atoms with Crippen LogP contribution in [0.5, 0.6) is 0 Å². The number of benzene rings is 1. The van der Waals surface area contributed by atoms with Crippen molar-refractivity contribution in [1.29, 1.82) is 5.26 Å². The highest BCUT2D eigenvalue weighted by Gasteiger charge is 2.31. The molecule has 0 saturated carbocycles. The van der Waals surface area contributed by atoms with Gasteiger partial charge in [-0.2, -0.15) is 18.4 Å². The number of nitriles is 1. The minimum Gasteiger partial charge on any atom is -0.312 e. The number of nitrogens with zero attached hydrogens (tertiary/aromatic N) is 1. The number of hydrogen-bond acceptors (Lipinski definition) is 3. The molecule has 0 bridgehead atoms. The van der Waals surface area contributed by atoms with E-state index < -0.39 is 17.6 Å². The SMILES string of the molecule is CC1CCc2sc(NC(=O)c3cccc(C(F)(F)F)c3)c(C#N)c2C1. The molecule has 1 aliphatic carbocycles. The van der Waals surface area contributed by atoms with Gasteiger partial charge in [-0.1, -0.05) is 13.0 Å². The highest BCUT2D eigenvalue weighted by atomic mass is 32.1. The lowest BCUT2D eigenvalue weighted by atomic mass is 9.88. The summed E-state index contributed by atoms with van der Waals surface area (Å²) in [6, 6.07) is 6.39. The number of anilines is 1. The Balaban J connectivity index is 1.89. The molecule has 3 nitrogen and oxygen atoms in total. The predicted molar refractivity (Wildman–Crippen MR) is 89.6 cm³/mol. The van der Waals surface area contributed by atoms with Crippen molar-refractivity contribution in [3.05, 3.63) is 51.4 Å². The number of rotatable bonds is 2. The lowest BCUT2D eigenvalue weighted by Gasteiger charge is -2.17. The molecule has 1 aliphatic rings. The van der Waals surface area contributed by atoms with Gasteiger partial charge in [-0.05, 0) is 48.9 Å². The summed E-state index contributed by atoms with van der Waals surface area (Å²) in [6.45, 7) is 2.11. The summed E-state index contributed by atoms with van der Waals surface area (Å²) >= 11 is 1.34. The Hall–Kier alpha value is -2.33. The van der Waals surface area contributed by atoms with Crippen LogP contribution in [0.1, 0.15) is 45.3 Å². The zero-order chi connectivity index (χ0) is 18.2. The van der Waals surface area contributed by atoms with E-state index in [9.17, 15) is 23.2 Å². The fourth-order valence-electron chi connectivity index (χ4n) is 2.98. The van der Waals surface area contributed by atoms with Gasteiger partial charge in [0.15, 0.2) is 0 Å². The van der Waals surface area contributed by atoms with Gasteiger partial charge in [0.25, 0.3) is 5.91 Å². The molecule has 1 heterocycles. The fraction of sp³-hybridized carbons (Fsp3) is 0.333. The maximum Gasteiger partial charge on any atom is 0.416 e. The topological polar surface area (TPSA) is 52.9 Å². The number of alkyl halides is 3. The van der Waals surface area contributed by atoms with Crippen LogP contribution in [0, 0.1) is 17.2 Å². The number of carbonyl (C=O) groups excluding carboxylic acids is 1. The van der Waals surface area contributed by atoms with Gasteiger partial charge in [-0.25, -0.2) is 0 Å². The molecule has 0 spiro atoms. The highest BCUT2D eigenvalue weighted by molar-refractivity contribution is 7.16. The molecule has 0 saturated heterocycles. The standard InChI is InChI=1S/C18H15F3N2OS/c1-10-5-6-15-13(7-10)14(9-22)17(25-15)23-16(24)11-3-2-4-12(8-11)18(19,20)21/h2-4,8,10H,5-7H2,1H3,(H,23,24). The predicted octanol–water partition coefficient (Wildman–Crippen LogP) is 5.02. The number of hydrogen-bond donors (Lipinski definition) is 1. The summed E-state index contributed by atoms with van der Waals surface area (Å²) in [5.74, 6) is -0.171. The number of nitrogens with one attached hydrogen (secondary N) is 1. The van der Waals surface area contributed by atoms with Gasteiger partial charge in [-0.15, -0.1) is 11.3 Å². The van der Waals surface area contributed by atoms with Crippen molar-refractivity contribution in [3.63, 3.8) is 0 Å². The Morgan fingerprint density at radius 3 is 2.84 bits per heavy atom. The lowest BCUT2D eigenvalue weighted by molar-refractivity contribution is -0.137. The molecule has 1 atom stereocenters. The number of amides is 1. The Kier molecular flexibility index (Phi) is 4.56. The summed E-state index contributed by atoms with van der Waals surface area (Å²) in [5.41, 5.74) is 0.441. The van der Waals surface area contributed by atoms with Crippen LogP contribution in [0.3, 0.4) is 0 Å². The van der Waals surface area contributed by atoms with Crippen LogP contribution >= 0.6 is 11.3 Å². The Morgan fingerprint density at radius 2 is 2.16 bits per heavy atom. The molecule has 0 radical (unpaired) electrons. The van der Waals surface area contributed by atoms with Crippen LogP contribution in [0.2, 0.25) is 0 Å². The summed E-state index contributed by atoms with van der Waals surface area (Å²) < 4.78 is 38.4. The average molecular weight is 364 g/mol. The average Bonchev–Trinajstić information content (AvgIpc) is 2.90. The van der Waals surface area contributed by atoms with Gasteiger partial charge in [0.1, 0.15) is 11.1 Å². The summed E-state index contributed by atoms with van der Waals surface area (Å²) in [4.78, 5) is 13.4. The molecular weight excluding hydrogens is 349 g/mol. The van der Waals surface area contributed by atoms with Gasteiger partial charge in [-0.3, -0.25) is 4.79 Å². The van der Waals surface area contributed by atoms with Crippen LogP contribution in [-0.4, -0.2) is 5.91 Å². The largest absolute Gasteiger partial charge is 0.416 e. The maximum absolute atomic E-state index is 12.8. The van der Waals surface area contributed by atoms with E-state index in [1.54, 1.807) is 0 Å². The zero-order valence-electron chi connectivity index (χ0n) is 13.4. The van der Waals surface area contributed by atoms with E-state index in [2.05, 4.69) is 18.3 Å². The van der Waals surface area contributed by atoms with Gasteiger partial charge in [0.2, 0.25) is 0 Å². The van der Waals surface area contributed by atoms with E-state index in [1.807, 2.05) is 0 Å². The van der Waals surface area contributed by atoms with Gasteiger partial charge < -0.3 is 5.32 Å². The minimum absolute atomic E-state index is 0.0848. The Labute approximate surface area is 147 Å². The summed E-state index contributed by atoms with van der Waals surface area (Å²) in [6.07, 6.45) is -1.84. The number of fused-ring (bicyclic) bond motifs is 1. The quantitative estimate of drug-likeness (QED) is 0.814. The molecule has 130 valence electrons. The van der Waals surface area contributed by atoms with E-state index in [0.29, 0.717) is 16.5 Å². The first-order valence-electron chi connectivity index (χ1n) is 7.83. The molecule has 2 aromatic rings. The molecule has 1 aromatic carbocycles. The van der Waals surface area contributed by atoms with Crippen LogP contribution in [0.4, 0.5) is 18.2 Å². The lowest BCUT2D eigenvalue weighted by Crippen LogP contribution is -2.14. The smallest absolute Gasteiger partial charge is 0.312 e. The van der Waals surface area contributed by atoms with E-state index in [4.69, 9.17) is 0 Å². The Morgan fingerprint density at radius 1 is 1.40 bits per heavy atom. The molecule has 1 aromatic heterocycles. The molecule has 0 fully saturated rings. The van der Waals surface area contributed by atoms with Crippen molar-refractivity contribution >= 4 is 22.2 Å². The van der Waals surface area contributed by atoms with E-state index in [1.165, 1.54) is 23.5 Å². The second kappa shape index (κ2) is 6.52. The summed E-state index contributed by atoms with van der Waals surface area (Å²) in [5, 5.41) is 12.5. The third kappa shape index (κ3) is 3.54. The summed E-state index contributed by atoms with van der Waals surface area (Å²) in [7, 11) is 0. The fourth-order valence-corrected chi connectivity index (χ4v) is 4.17. The first-order chi connectivity index (χ1) is 11.8. The van der Waals surface area contributed by atoms with Crippen molar-refractivity contribution < 1.29 is 18.0 Å². The molecule has 1 N–H and O–H groups in total. The number of carbonyl (C=O) groups is 1. The first kappa shape index (κ1) is 17.5. The number of aryl methyl sites for hydroxylation is 1. The molecule has 3 rings (SSSR count). The Bertz CT molecular complexity index is 864. The van der Waals surface area contributed by atoms with Crippen molar-refractivity contribution in [2.75, 3.05) is 5.32 Å². The molecule has 0 aliphatic heterocycles. The second-order valence-corrected chi connectivity index (χ2v) is 7.31. The van der Waals surface area contributed by atoms with Crippen molar-refractivity contribution in [1.82, 2.24) is 0 Å². The van der Waals surface area contributed by atoms with E-state index in [-0.39, 0.29) is 5.56 Å². The highest BCUT2D eigenvalue weighted by Crippen LogP contribution is 2.39. The minimum atomic E-state index is -4.51. The van der Waals surface area contributed by atoms with Gasteiger partial charge in [0, 0.05) is 10.4 Å². The van der Waals surface area contributed by atoms with Crippen LogP contribution < -0.4 is 5.32 Å². The van der Waals surface area contributed by atoms with E-state index in [0.717, 1.165) is 41.8 Å². The van der Waals surface area contributed by atoms with Crippen LogP contribution in [-0.2, 0) is 19.0 Å².